The van der Waals surface area contributed by atoms with E-state index in [2.05, 4.69) is 25.1 Å². The number of aryl methyl sites for hydroxylation is 1. The zero-order valence-corrected chi connectivity index (χ0v) is 10.3. The van der Waals surface area contributed by atoms with Crippen molar-refractivity contribution in [1.82, 2.24) is 0 Å². The molecular weight excluding hydrogens is 198 g/mol. The highest BCUT2D eigenvalue weighted by Crippen LogP contribution is 2.53. The number of hydrogen-bond acceptors (Lipinski definition) is 2. The lowest BCUT2D eigenvalue weighted by Gasteiger charge is -2.19. The zero-order chi connectivity index (χ0) is 11.6. The summed E-state index contributed by atoms with van der Waals surface area (Å²) in [5.74, 6) is 1.03. The standard InChI is InChI=1S/C14H21NO/c1-3-11-4-5-13(16-2)12(10-11)14(6-7-14)8-9-15/h4-5,10H,3,6-9,15H2,1-2H3. The minimum atomic E-state index is 0.325. The number of rotatable bonds is 5. The molecule has 1 fully saturated rings. The van der Waals surface area contributed by atoms with Gasteiger partial charge in [-0.05, 0) is 43.9 Å². The van der Waals surface area contributed by atoms with Crippen molar-refractivity contribution in [3.05, 3.63) is 29.3 Å². The molecule has 2 N–H and O–H groups in total. The second-order valence-corrected chi connectivity index (χ2v) is 4.71. The van der Waals surface area contributed by atoms with E-state index in [1.807, 2.05) is 0 Å². The predicted molar refractivity (Wildman–Crippen MR) is 67.0 cm³/mol. The quantitative estimate of drug-likeness (QED) is 0.826. The minimum absolute atomic E-state index is 0.325. The largest absolute Gasteiger partial charge is 0.496 e. The van der Waals surface area contributed by atoms with Crippen LogP contribution in [0.25, 0.3) is 0 Å². The van der Waals surface area contributed by atoms with Crippen LogP contribution in [-0.2, 0) is 11.8 Å². The molecule has 0 unspecified atom stereocenters. The summed E-state index contributed by atoms with van der Waals surface area (Å²) in [7, 11) is 1.75. The Morgan fingerprint density at radius 2 is 2.12 bits per heavy atom. The van der Waals surface area contributed by atoms with E-state index in [1.54, 1.807) is 7.11 Å². The Balaban J connectivity index is 2.37. The Labute approximate surface area is 97.8 Å². The van der Waals surface area contributed by atoms with E-state index in [4.69, 9.17) is 10.5 Å². The van der Waals surface area contributed by atoms with Crippen molar-refractivity contribution < 1.29 is 4.74 Å². The Hall–Kier alpha value is -1.02. The molecule has 88 valence electrons. The molecule has 0 saturated heterocycles. The van der Waals surface area contributed by atoms with Gasteiger partial charge in [0.1, 0.15) is 5.75 Å². The molecule has 0 amide bonds. The second kappa shape index (κ2) is 4.46. The molecule has 2 nitrogen and oxygen atoms in total. The first-order chi connectivity index (χ1) is 7.75. The van der Waals surface area contributed by atoms with Crippen LogP contribution in [0.15, 0.2) is 18.2 Å². The summed E-state index contributed by atoms with van der Waals surface area (Å²) >= 11 is 0. The van der Waals surface area contributed by atoms with Crippen molar-refractivity contribution in [1.29, 1.82) is 0 Å². The summed E-state index contributed by atoms with van der Waals surface area (Å²) in [6.45, 7) is 2.95. The van der Waals surface area contributed by atoms with Gasteiger partial charge in [-0.3, -0.25) is 0 Å². The summed E-state index contributed by atoms with van der Waals surface area (Å²) in [6.07, 6.45) is 4.67. The molecule has 0 aliphatic heterocycles. The molecule has 0 spiro atoms. The molecule has 1 aromatic rings. The first-order valence-electron chi connectivity index (χ1n) is 6.13. The zero-order valence-electron chi connectivity index (χ0n) is 10.3. The van der Waals surface area contributed by atoms with Crippen LogP contribution >= 0.6 is 0 Å². The molecule has 0 aromatic heterocycles. The molecule has 2 heteroatoms. The van der Waals surface area contributed by atoms with E-state index in [0.29, 0.717) is 5.41 Å². The van der Waals surface area contributed by atoms with Gasteiger partial charge in [0.2, 0.25) is 0 Å². The molecule has 16 heavy (non-hydrogen) atoms. The number of ether oxygens (including phenoxy) is 1. The van der Waals surface area contributed by atoms with E-state index in [1.165, 1.54) is 24.0 Å². The van der Waals surface area contributed by atoms with E-state index in [0.717, 1.165) is 25.1 Å². The van der Waals surface area contributed by atoms with Crippen LogP contribution in [0.4, 0.5) is 0 Å². The van der Waals surface area contributed by atoms with Gasteiger partial charge in [-0.2, -0.15) is 0 Å². The lowest BCUT2D eigenvalue weighted by Crippen LogP contribution is -2.14. The van der Waals surface area contributed by atoms with Gasteiger partial charge < -0.3 is 10.5 Å². The fraction of sp³-hybridized carbons (Fsp3) is 0.571. The predicted octanol–water partition coefficient (Wildman–Crippen LogP) is 2.64. The fourth-order valence-electron chi connectivity index (χ4n) is 2.47. The molecule has 1 aromatic carbocycles. The highest BCUT2D eigenvalue weighted by atomic mass is 16.5. The van der Waals surface area contributed by atoms with Gasteiger partial charge in [0, 0.05) is 11.0 Å². The number of hydrogen-bond donors (Lipinski definition) is 1. The molecule has 2 rings (SSSR count). The Morgan fingerprint density at radius 3 is 2.62 bits per heavy atom. The second-order valence-electron chi connectivity index (χ2n) is 4.71. The monoisotopic (exact) mass is 219 g/mol. The highest BCUT2D eigenvalue weighted by molar-refractivity contribution is 5.45. The van der Waals surface area contributed by atoms with Gasteiger partial charge in [-0.15, -0.1) is 0 Å². The number of nitrogens with two attached hydrogens (primary N) is 1. The van der Waals surface area contributed by atoms with Crippen LogP contribution in [-0.4, -0.2) is 13.7 Å². The third-order valence-electron chi connectivity index (χ3n) is 3.72. The van der Waals surface area contributed by atoms with Crippen molar-refractivity contribution in [2.24, 2.45) is 5.73 Å². The van der Waals surface area contributed by atoms with Crippen molar-refractivity contribution in [2.75, 3.05) is 13.7 Å². The van der Waals surface area contributed by atoms with Gasteiger partial charge in [0.15, 0.2) is 0 Å². The molecule has 0 atom stereocenters. The Kier molecular flexibility index (Phi) is 3.20. The van der Waals surface area contributed by atoms with Gasteiger partial charge in [0.05, 0.1) is 7.11 Å². The van der Waals surface area contributed by atoms with E-state index >= 15 is 0 Å². The van der Waals surface area contributed by atoms with E-state index < -0.39 is 0 Å². The molecule has 0 heterocycles. The van der Waals surface area contributed by atoms with E-state index in [9.17, 15) is 0 Å². The number of benzene rings is 1. The first kappa shape index (κ1) is 11.5. The van der Waals surface area contributed by atoms with Crippen molar-refractivity contribution >= 4 is 0 Å². The lowest BCUT2D eigenvalue weighted by molar-refractivity contribution is 0.402. The average molecular weight is 219 g/mol. The van der Waals surface area contributed by atoms with Crippen LogP contribution in [0, 0.1) is 0 Å². The maximum absolute atomic E-state index is 5.71. The maximum atomic E-state index is 5.71. The van der Waals surface area contributed by atoms with Gasteiger partial charge >= 0.3 is 0 Å². The van der Waals surface area contributed by atoms with Crippen LogP contribution in [0.2, 0.25) is 0 Å². The molecule has 1 aliphatic carbocycles. The Bertz CT molecular complexity index is 369. The summed E-state index contributed by atoms with van der Waals surface area (Å²) < 4.78 is 5.48. The van der Waals surface area contributed by atoms with Crippen LogP contribution in [0.1, 0.15) is 37.3 Å². The molecule has 1 saturated carbocycles. The molecule has 0 radical (unpaired) electrons. The minimum Gasteiger partial charge on any atom is -0.496 e. The first-order valence-corrected chi connectivity index (χ1v) is 6.13. The third-order valence-corrected chi connectivity index (χ3v) is 3.72. The van der Waals surface area contributed by atoms with E-state index in [-0.39, 0.29) is 0 Å². The third kappa shape index (κ3) is 1.94. The fourth-order valence-corrected chi connectivity index (χ4v) is 2.47. The summed E-state index contributed by atoms with van der Waals surface area (Å²) in [6, 6.07) is 6.56. The van der Waals surface area contributed by atoms with Crippen LogP contribution in [0.3, 0.4) is 0 Å². The lowest BCUT2D eigenvalue weighted by atomic mass is 9.90. The Morgan fingerprint density at radius 1 is 1.38 bits per heavy atom. The van der Waals surface area contributed by atoms with Crippen molar-refractivity contribution in [3.8, 4) is 5.75 Å². The smallest absolute Gasteiger partial charge is 0.122 e. The molecule has 0 bridgehead atoms. The van der Waals surface area contributed by atoms with Gasteiger partial charge in [-0.1, -0.05) is 19.1 Å². The molecule has 1 aliphatic rings. The summed E-state index contributed by atoms with van der Waals surface area (Å²) in [4.78, 5) is 0. The summed E-state index contributed by atoms with van der Waals surface area (Å²) in [5.41, 5.74) is 8.80. The van der Waals surface area contributed by atoms with Crippen LogP contribution < -0.4 is 10.5 Å². The van der Waals surface area contributed by atoms with Crippen molar-refractivity contribution in [2.45, 2.75) is 38.0 Å². The van der Waals surface area contributed by atoms with Gasteiger partial charge in [0.25, 0.3) is 0 Å². The van der Waals surface area contributed by atoms with Crippen LogP contribution in [0.5, 0.6) is 5.75 Å². The number of methoxy groups -OCH3 is 1. The SMILES string of the molecule is CCc1ccc(OC)c(C2(CCN)CC2)c1. The van der Waals surface area contributed by atoms with Crippen molar-refractivity contribution in [3.63, 3.8) is 0 Å². The topological polar surface area (TPSA) is 35.2 Å². The van der Waals surface area contributed by atoms with Gasteiger partial charge in [-0.25, -0.2) is 0 Å². The average Bonchev–Trinajstić information content (AvgIpc) is 3.09. The molecular formula is C14H21NO. The highest BCUT2D eigenvalue weighted by Gasteiger charge is 2.45. The summed E-state index contributed by atoms with van der Waals surface area (Å²) in [5, 5.41) is 0. The maximum Gasteiger partial charge on any atom is 0.122 e. The normalized spacial score (nSPS) is 17.2.